The van der Waals surface area contributed by atoms with E-state index in [4.69, 9.17) is 0 Å². The van der Waals surface area contributed by atoms with Crippen LogP contribution in [0.25, 0.3) is 10.9 Å². The number of aromatic hydroxyl groups is 1. The largest absolute Gasteiger partial charge is 0.508 e. The molecular formula is C28H30F2N4O4. The van der Waals surface area contributed by atoms with Crippen LogP contribution in [-0.4, -0.2) is 63.6 Å². The van der Waals surface area contributed by atoms with Crippen LogP contribution in [0.5, 0.6) is 11.5 Å². The number of alkyl halides is 2. The molecule has 2 fully saturated rings. The maximum Gasteiger partial charge on any atom is 0.387 e. The second-order valence-electron chi connectivity index (χ2n) is 10.7. The highest BCUT2D eigenvalue weighted by molar-refractivity contribution is 6.08. The second kappa shape index (κ2) is 9.27. The van der Waals surface area contributed by atoms with Crippen molar-refractivity contribution in [1.29, 1.82) is 0 Å². The number of hydrogen-bond acceptors (Lipinski definition) is 5. The van der Waals surface area contributed by atoms with E-state index in [9.17, 15) is 23.5 Å². The average molecular weight is 525 g/mol. The molecule has 1 aliphatic carbocycles. The minimum Gasteiger partial charge on any atom is -0.508 e. The number of benzene rings is 2. The van der Waals surface area contributed by atoms with Crippen LogP contribution in [0.4, 0.5) is 13.6 Å². The Kier molecular flexibility index (Phi) is 6.02. The molecule has 10 heteroatoms. The molecule has 2 aromatic carbocycles. The highest BCUT2D eigenvalue weighted by atomic mass is 19.3. The zero-order valence-electron chi connectivity index (χ0n) is 21.0. The monoisotopic (exact) mass is 524 g/mol. The van der Waals surface area contributed by atoms with Crippen LogP contribution in [0.1, 0.15) is 49.0 Å². The van der Waals surface area contributed by atoms with E-state index < -0.39 is 18.2 Å². The Morgan fingerprint density at radius 1 is 1.21 bits per heavy atom. The topological polar surface area (TPSA) is 97.9 Å². The maximum absolute atomic E-state index is 13.8. The van der Waals surface area contributed by atoms with Gasteiger partial charge in [0, 0.05) is 29.6 Å². The minimum absolute atomic E-state index is 0.0185. The Balaban J connectivity index is 1.39. The minimum atomic E-state index is -2.96. The molecule has 3 heterocycles. The number of carbonyl (C=O) groups excluding carboxylic acids is 2. The van der Waals surface area contributed by atoms with Crippen LogP contribution in [0, 0.1) is 5.92 Å². The summed E-state index contributed by atoms with van der Waals surface area (Å²) in [6, 6.07) is 10.2. The predicted molar refractivity (Wildman–Crippen MR) is 136 cm³/mol. The van der Waals surface area contributed by atoms with Gasteiger partial charge in [-0.25, -0.2) is 4.79 Å². The molecule has 200 valence electrons. The standard InChI is InChI=1S/C28H30F2N4O4/c1-28-14-21-20-13-19(38-26(29)30)8-9-22(20)32-23(21)24(17-4-2-5-18(35)12-17)34(28)27(37)33(25(28)36)11-3-10-31-15-16-6-7-16/h2,4-5,8-9,12-13,16,24,26,31-32,35H,3,6-7,10-11,14-15H2,1H3/t24-,28+/m1/s1. The van der Waals surface area contributed by atoms with Crippen molar-refractivity contribution in [2.75, 3.05) is 19.6 Å². The van der Waals surface area contributed by atoms with E-state index >= 15 is 0 Å². The summed E-state index contributed by atoms with van der Waals surface area (Å²) in [6.45, 7) is 0.781. The number of amides is 3. The highest BCUT2D eigenvalue weighted by Crippen LogP contribution is 2.49. The highest BCUT2D eigenvalue weighted by Gasteiger charge is 2.60. The van der Waals surface area contributed by atoms with Gasteiger partial charge in [0.05, 0.1) is 0 Å². The van der Waals surface area contributed by atoms with Gasteiger partial charge in [0.15, 0.2) is 0 Å². The lowest BCUT2D eigenvalue weighted by Gasteiger charge is -2.42. The zero-order valence-corrected chi connectivity index (χ0v) is 21.0. The van der Waals surface area contributed by atoms with Crippen LogP contribution in [-0.2, 0) is 11.2 Å². The Morgan fingerprint density at radius 2 is 2.03 bits per heavy atom. The first-order chi connectivity index (χ1) is 18.3. The molecular weight excluding hydrogens is 494 g/mol. The Morgan fingerprint density at radius 3 is 2.76 bits per heavy atom. The van der Waals surface area contributed by atoms with Crippen molar-refractivity contribution in [2.45, 2.75) is 50.8 Å². The molecule has 1 aromatic heterocycles. The smallest absolute Gasteiger partial charge is 0.387 e. The maximum atomic E-state index is 13.8. The van der Waals surface area contributed by atoms with Gasteiger partial charge in [-0.1, -0.05) is 12.1 Å². The molecule has 1 saturated carbocycles. The number of nitrogens with one attached hydrogen (secondary N) is 2. The molecule has 3 amide bonds. The lowest BCUT2D eigenvalue weighted by atomic mass is 9.81. The molecule has 0 radical (unpaired) electrons. The van der Waals surface area contributed by atoms with Crippen LogP contribution in [0.15, 0.2) is 42.5 Å². The number of fused-ring (bicyclic) bond motifs is 4. The number of nitrogens with zero attached hydrogens (tertiary/aromatic N) is 2. The predicted octanol–water partition coefficient (Wildman–Crippen LogP) is 4.53. The van der Waals surface area contributed by atoms with Gasteiger partial charge in [-0.3, -0.25) is 14.6 Å². The zero-order chi connectivity index (χ0) is 26.6. The van der Waals surface area contributed by atoms with Gasteiger partial charge in [-0.2, -0.15) is 8.78 Å². The van der Waals surface area contributed by atoms with Gasteiger partial charge in [-0.15, -0.1) is 0 Å². The fraction of sp³-hybridized carbons (Fsp3) is 0.429. The number of aromatic nitrogens is 1. The molecule has 8 nitrogen and oxygen atoms in total. The number of phenolic OH excluding ortho intramolecular Hbond substituents is 1. The SMILES string of the molecule is C[C@@]12Cc3c([nH]c4ccc(OC(F)F)cc34)[C@@H](c3cccc(O)c3)N1C(=O)N(CCCNCC1CC1)C2=O. The quantitative estimate of drug-likeness (QED) is 0.282. The molecule has 3 aliphatic rings. The number of aromatic amines is 1. The van der Waals surface area contributed by atoms with Gasteiger partial charge < -0.3 is 20.1 Å². The summed E-state index contributed by atoms with van der Waals surface area (Å²) in [5, 5.41) is 14.3. The molecule has 6 rings (SSSR count). The first-order valence-electron chi connectivity index (χ1n) is 13.0. The summed E-state index contributed by atoms with van der Waals surface area (Å²) in [4.78, 5) is 34.0. The number of halogens is 2. The number of imide groups is 1. The van der Waals surface area contributed by atoms with Crippen molar-refractivity contribution in [1.82, 2.24) is 20.1 Å². The van der Waals surface area contributed by atoms with Crippen LogP contribution in [0.3, 0.4) is 0 Å². The van der Waals surface area contributed by atoms with E-state index in [1.807, 2.05) is 0 Å². The molecule has 38 heavy (non-hydrogen) atoms. The lowest BCUT2D eigenvalue weighted by Crippen LogP contribution is -2.53. The summed E-state index contributed by atoms with van der Waals surface area (Å²) >= 11 is 0. The third kappa shape index (κ3) is 4.16. The summed E-state index contributed by atoms with van der Waals surface area (Å²) in [6.07, 6.45) is 3.37. The number of carbonyl (C=O) groups is 2. The number of rotatable bonds is 9. The number of hydrogen-bond donors (Lipinski definition) is 3. The van der Waals surface area contributed by atoms with E-state index in [0.717, 1.165) is 24.6 Å². The van der Waals surface area contributed by atoms with Gasteiger partial charge in [0.1, 0.15) is 23.1 Å². The Hall–Kier alpha value is -3.66. The Labute approximate surface area is 218 Å². The lowest BCUT2D eigenvalue weighted by molar-refractivity contribution is -0.133. The van der Waals surface area contributed by atoms with Crippen molar-refractivity contribution < 1.29 is 28.2 Å². The summed E-state index contributed by atoms with van der Waals surface area (Å²) in [5.74, 6) is 0.521. The van der Waals surface area contributed by atoms with Gasteiger partial charge in [0.25, 0.3) is 5.91 Å². The van der Waals surface area contributed by atoms with Crippen LogP contribution >= 0.6 is 0 Å². The molecule has 2 aliphatic heterocycles. The average Bonchev–Trinajstić information content (AvgIpc) is 3.61. The van der Waals surface area contributed by atoms with E-state index in [-0.39, 0.29) is 29.9 Å². The number of H-pyrrole nitrogens is 1. The second-order valence-corrected chi connectivity index (χ2v) is 10.7. The van der Waals surface area contributed by atoms with Gasteiger partial charge >= 0.3 is 12.6 Å². The van der Waals surface area contributed by atoms with Crippen molar-refractivity contribution in [3.05, 3.63) is 59.3 Å². The van der Waals surface area contributed by atoms with E-state index in [0.29, 0.717) is 35.1 Å². The normalized spacial score (nSPS) is 22.9. The number of urea groups is 1. The third-order valence-electron chi connectivity index (χ3n) is 7.91. The van der Waals surface area contributed by atoms with Crippen molar-refractivity contribution >= 4 is 22.8 Å². The summed E-state index contributed by atoms with van der Waals surface area (Å²) < 4.78 is 30.5. The first kappa shape index (κ1) is 24.7. The molecule has 0 bridgehead atoms. The third-order valence-corrected chi connectivity index (χ3v) is 7.91. The van der Waals surface area contributed by atoms with Crippen molar-refractivity contribution in [2.24, 2.45) is 5.92 Å². The fourth-order valence-corrected chi connectivity index (χ4v) is 5.90. The van der Waals surface area contributed by atoms with Gasteiger partial charge in [0.2, 0.25) is 0 Å². The molecule has 1 saturated heterocycles. The van der Waals surface area contributed by atoms with Crippen LogP contribution in [0.2, 0.25) is 0 Å². The summed E-state index contributed by atoms with van der Waals surface area (Å²) in [5.41, 5.74) is 1.59. The van der Waals surface area contributed by atoms with Gasteiger partial charge in [-0.05, 0) is 86.7 Å². The number of ether oxygens (including phenoxy) is 1. The Bertz CT molecular complexity index is 1400. The molecule has 3 aromatic rings. The van der Waals surface area contributed by atoms with Crippen LogP contribution < -0.4 is 10.1 Å². The van der Waals surface area contributed by atoms with E-state index in [2.05, 4.69) is 15.0 Å². The molecule has 0 unspecified atom stereocenters. The molecule has 0 spiro atoms. The fourth-order valence-electron chi connectivity index (χ4n) is 5.90. The van der Waals surface area contributed by atoms with E-state index in [1.165, 1.54) is 23.8 Å². The molecule has 2 atom stereocenters. The molecule has 3 N–H and O–H groups in total. The first-order valence-corrected chi connectivity index (χ1v) is 13.0. The number of phenols is 1. The van der Waals surface area contributed by atoms with E-state index in [1.54, 1.807) is 48.2 Å². The summed E-state index contributed by atoms with van der Waals surface area (Å²) in [7, 11) is 0. The van der Waals surface area contributed by atoms with Crippen molar-refractivity contribution in [3.63, 3.8) is 0 Å². The van der Waals surface area contributed by atoms with Crippen molar-refractivity contribution in [3.8, 4) is 11.5 Å².